The molecule has 0 saturated carbocycles. The number of dihydropyridines is 1. The van der Waals surface area contributed by atoms with Gasteiger partial charge in [0.15, 0.2) is 0 Å². The van der Waals surface area contributed by atoms with Gasteiger partial charge < -0.3 is 20.7 Å². The lowest BCUT2D eigenvalue weighted by atomic mass is 9.86. The van der Waals surface area contributed by atoms with Gasteiger partial charge in [-0.1, -0.05) is 42.1 Å². The molecule has 9 heteroatoms. The zero-order chi connectivity index (χ0) is 26.4. The van der Waals surface area contributed by atoms with Crippen LogP contribution in [-0.4, -0.2) is 24.7 Å². The third kappa shape index (κ3) is 6.05. The van der Waals surface area contributed by atoms with Crippen molar-refractivity contribution in [2.24, 2.45) is 0 Å². The van der Waals surface area contributed by atoms with Gasteiger partial charge >= 0.3 is 0 Å². The molecule has 0 spiro atoms. The fourth-order valence-corrected chi connectivity index (χ4v) is 5.74. The molecule has 0 saturated heterocycles. The van der Waals surface area contributed by atoms with E-state index in [4.69, 9.17) is 4.74 Å². The number of rotatable bonds is 8. The van der Waals surface area contributed by atoms with Crippen LogP contribution in [0.5, 0.6) is 5.75 Å². The second kappa shape index (κ2) is 11.8. The summed E-state index contributed by atoms with van der Waals surface area (Å²) >= 11 is 2.72. The van der Waals surface area contributed by atoms with Crippen molar-refractivity contribution in [1.82, 2.24) is 5.32 Å². The monoisotopic (exact) mass is 530 g/mol. The smallest absolute Gasteiger partial charge is 0.254 e. The quantitative estimate of drug-likeness (QED) is 0.342. The van der Waals surface area contributed by atoms with Gasteiger partial charge in [0, 0.05) is 33.6 Å². The molecule has 37 heavy (non-hydrogen) atoms. The van der Waals surface area contributed by atoms with Gasteiger partial charge in [-0.3, -0.25) is 9.59 Å². The normalized spacial score (nSPS) is 15.0. The summed E-state index contributed by atoms with van der Waals surface area (Å²) in [4.78, 5) is 27.1. The molecule has 2 heterocycles. The number of methoxy groups -OCH3 is 1. The molecule has 0 bridgehead atoms. The highest BCUT2D eigenvalue weighted by molar-refractivity contribution is 8.03. The van der Waals surface area contributed by atoms with E-state index in [0.29, 0.717) is 33.3 Å². The molecule has 1 aliphatic rings. The number of hydrogen-bond acceptors (Lipinski definition) is 7. The Morgan fingerprint density at radius 3 is 2.62 bits per heavy atom. The molecule has 188 valence electrons. The Kier molecular flexibility index (Phi) is 8.33. The summed E-state index contributed by atoms with van der Waals surface area (Å²) in [6, 6.07) is 20.8. The van der Waals surface area contributed by atoms with Crippen LogP contribution in [0.25, 0.3) is 0 Å². The Balaban J connectivity index is 1.57. The van der Waals surface area contributed by atoms with Gasteiger partial charge in [0.05, 0.1) is 35.5 Å². The molecule has 3 N–H and O–H groups in total. The van der Waals surface area contributed by atoms with E-state index in [1.807, 2.05) is 55.6 Å². The van der Waals surface area contributed by atoms with Crippen LogP contribution in [-0.2, 0) is 9.59 Å². The van der Waals surface area contributed by atoms with Gasteiger partial charge in [-0.2, -0.15) is 5.26 Å². The highest BCUT2D eigenvalue weighted by Gasteiger charge is 2.35. The molecule has 0 radical (unpaired) electrons. The molecule has 1 aliphatic heterocycles. The highest BCUT2D eigenvalue weighted by Crippen LogP contribution is 2.42. The zero-order valence-corrected chi connectivity index (χ0v) is 22.3. The summed E-state index contributed by atoms with van der Waals surface area (Å²) in [7, 11) is 1.57. The highest BCUT2D eigenvalue weighted by atomic mass is 32.2. The number of nitriles is 1. The number of thiophene rings is 1. The lowest BCUT2D eigenvalue weighted by Gasteiger charge is -2.29. The molecule has 1 aromatic heterocycles. The molecule has 0 fully saturated rings. The lowest BCUT2D eigenvalue weighted by Crippen LogP contribution is -2.31. The molecule has 0 unspecified atom stereocenters. The Morgan fingerprint density at radius 2 is 1.92 bits per heavy atom. The molecule has 3 aromatic rings. The topological polar surface area (TPSA) is 103 Å². The summed E-state index contributed by atoms with van der Waals surface area (Å²) in [5.41, 5.74) is 3.81. The summed E-state index contributed by atoms with van der Waals surface area (Å²) in [5.74, 6) is -0.309. The van der Waals surface area contributed by atoms with E-state index >= 15 is 0 Å². The number of thioether (sulfide) groups is 1. The first-order valence-electron chi connectivity index (χ1n) is 11.5. The van der Waals surface area contributed by atoms with Gasteiger partial charge in [-0.15, -0.1) is 11.3 Å². The largest absolute Gasteiger partial charge is 0.497 e. The standard InChI is InChI=1S/C28H26N4O3S2/c1-17-8-4-5-11-22(17)32-27(34)25-18(2)30-28(21(15-29)26(25)23-12-7-13-36-23)37-16-24(33)31-19-9-6-10-20(14-19)35-3/h4-14,26,30H,16H2,1-3H3,(H,31,33)(H,32,34)/t26-/m1/s1. The van der Waals surface area contributed by atoms with Gasteiger partial charge in [-0.25, -0.2) is 0 Å². The van der Waals surface area contributed by atoms with E-state index < -0.39 is 5.92 Å². The Bertz CT molecular complexity index is 1420. The first-order chi connectivity index (χ1) is 17.9. The van der Waals surface area contributed by atoms with Gasteiger partial charge in [0.1, 0.15) is 5.75 Å². The van der Waals surface area contributed by atoms with Crippen molar-refractivity contribution >= 4 is 46.3 Å². The minimum absolute atomic E-state index is 0.0832. The average Bonchev–Trinajstić information content (AvgIpc) is 3.43. The van der Waals surface area contributed by atoms with E-state index in [9.17, 15) is 14.9 Å². The maximum absolute atomic E-state index is 13.5. The van der Waals surface area contributed by atoms with Crippen LogP contribution in [0.2, 0.25) is 0 Å². The van der Waals surface area contributed by atoms with Crippen LogP contribution in [0, 0.1) is 18.3 Å². The summed E-state index contributed by atoms with van der Waals surface area (Å²) in [6.07, 6.45) is 0. The number of hydrogen-bond donors (Lipinski definition) is 3. The minimum Gasteiger partial charge on any atom is -0.497 e. The summed E-state index contributed by atoms with van der Waals surface area (Å²) in [5, 5.41) is 21.7. The number of para-hydroxylation sites is 1. The van der Waals surface area contributed by atoms with E-state index in [0.717, 1.165) is 16.1 Å². The maximum Gasteiger partial charge on any atom is 0.254 e. The predicted octanol–water partition coefficient (Wildman–Crippen LogP) is 5.77. The predicted molar refractivity (Wildman–Crippen MR) is 149 cm³/mol. The number of carbonyl (C=O) groups excluding carboxylic acids is 2. The molecule has 4 rings (SSSR count). The number of amides is 2. The fourth-order valence-electron chi connectivity index (χ4n) is 4.01. The number of carbonyl (C=O) groups is 2. The van der Waals surface area contributed by atoms with Crippen molar-refractivity contribution in [2.45, 2.75) is 19.8 Å². The van der Waals surface area contributed by atoms with Crippen LogP contribution in [0.4, 0.5) is 11.4 Å². The second-order valence-corrected chi connectivity index (χ2v) is 10.3. The lowest BCUT2D eigenvalue weighted by molar-refractivity contribution is -0.114. The van der Waals surface area contributed by atoms with Crippen molar-refractivity contribution in [2.75, 3.05) is 23.5 Å². The molecule has 2 amide bonds. The van der Waals surface area contributed by atoms with Crippen LogP contribution in [0.3, 0.4) is 0 Å². The van der Waals surface area contributed by atoms with Crippen LogP contribution < -0.4 is 20.7 Å². The van der Waals surface area contributed by atoms with Crippen LogP contribution >= 0.6 is 23.1 Å². The third-order valence-corrected chi connectivity index (χ3v) is 7.77. The van der Waals surface area contributed by atoms with E-state index in [-0.39, 0.29) is 17.6 Å². The van der Waals surface area contributed by atoms with Crippen LogP contribution in [0.1, 0.15) is 23.3 Å². The number of nitrogens with one attached hydrogen (secondary N) is 3. The van der Waals surface area contributed by atoms with Crippen molar-refractivity contribution in [1.29, 1.82) is 5.26 Å². The zero-order valence-electron chi connectivity index (χ0n) is 20.6. The molecule has 0 aliphatic carbocycles. The summed E-state index contributed by atoms with van der Waals surface area (Å²) in [6.45, 7) is 3.75. The average molecular weight is 531 g/mol. The Labute approximate surface area is 224 Å². The Hall–Kier alpha value is -4.00. The van der Waals surface area contributed by atoms with Crippen molar-refractivity contribution < 1.29 is 14.3 Å². The van der Waals surface area contributed by atoms with E-state index in [1.54, 1.807) is 31.4 Å². The number of allylic oxidation sites excluding steroid dienone is 2. The number of anilines is 2. The molecule has 1 atom stereocenters. The molecular weight excluding hydrogens is 504 g/mol. The first-order valence-corrected chi connectivity index (χ1v) is 13.4. The Morgan fingerprint density at radius 1 is 1.11 bits per heavy atom. The second-order valence-electron chi connectivity index (χ2n) is 8.30. The molecular formula is C28H26N4O3S2. The number of nitrogens with zero attached hydrogens (tertiary/aromatic N) is 1. The number of aryl methyl sites for hydroxylation is 1. The van der Waals surface area contributed by atoms with E-state index in [1.165, 1.54) is 23.1 Å². The van der Waals surface area contributed by atoms with Gasteiger partial charge in [-0.05, 0) is 49.1 Å². The van der Waals surface area contributed by atoms with Gasteiger partial charge in [0.2, 0.25) is 5.91 Å². The van der Waals surface area contributed by atoms with Crippen molar-refractivity contribution in [3.63, 3.8) is 0 Å². The SMILES string of the molecule is COc1cccc(NC(=O)CSC2=C(C#N)[C@H](c3cccs3)C(C(=O)Nc3ccccc3C)=C(C)N2)c1. The number of ether oxygens (including phenoxy) is 1. The first kappa shape index (κ1) is 26.1. The summed E-state index contributed by atoms with van der Waals surface area (Å²) < 4.78 is 5.21. The minimum atomic E-state index is -0.542. The van der Waals surface area contributed by atoms with Crippen molar-refractivity contribution in [3.05, 3.63) is 98.4 Å². The molecule has 7 nitrogen and oxygen atoms in total. The van der Waals surface area contributed by atoms with Crippen molar-refractivity contribution in [3.8, 4) is 11.8 Å². The van der Waals surface area contributed by atoms with Crippen LogP contribution in [0.15, 0.2) is 87.9 Å². The fraction of sp³-hybridized carbons (Fsp3) is 0.179. The maximum atomic E-state index is 13.5. The van der Waals surface area contributed by atoms with Gasteiger partial charge in [0.25, 0.3) is 5.91 Å². The van der Waals surface area contributed by atoms with E-state index in [2.05, 4.69) is 22.0 Å². The molecule has 2 aromatic carbocycles. The number of benzene rings is 2. The third-order valence-electron chi connectivity index (χ3n) is 5.81.